The fraction of sp³-hybridized carbons (Fsp3) is 0.650. The first-order valence-electron chi connectivity index (χ1n) is 9.16. The van der Waals surface area contributed by atoms with E-state index in [0.29, 0.717) is 18.8 Å². The van der Waals surface area contributed by atoms with Gasteiger partial charge in [-0.2, -0.15) is 0 Å². The Bertz CT molecular complexity index is 497. The van der Waals surface area contributed by atoms with Gasteiger partial charge < -0.3 is 10.8 Å². The molecule has 0 bridgehead atoms. The van der Waals surface area contributed by atoms with Crippen molar-refractivity contribution in [2.45, 2.75) is 82.6 Å². The van der Waals surface area contributed by atoms with E-state index in [1.807, 2.05) is 0 Å². The Morgan fingerprint density at radius 1 is 1.17 bits per heavy atom. The summed E-state index contributed by atoms with van der Waals surface area (Å²) >= 11 is 0. The van der Waals surface area contributed by atoms with E-state index < -0.39 is 11.5 Å². The summed E-state index contributed by atoms with van der Waals surface area (Å²) in [5.41, 5.74) is 7.58. The highest BCUT2D eigenvalue weighted by Gasteiger charge is 2.42. The lowest BCUT2D eigenvalue weighted by Gasteiger charge is -2.18. The summed E-state index contributed by atoms with van der Waals surface area (Å²) in [6.07, 6.45) is 11.1. The molecule has 0 spiro atoms. The van der Waals surface area contributed by atoms with Gasteiger partial charge in [0.25, 0.3) is 0 Å². The lowest BCUT2D eigenvalue weighted by Crippen LogP contribution is -2.45. The van der Waals surface area contributed by atoms with Gasteiger partial charge in [-0.15, -0.1) is 0 Å². The maximum Gasteiger partial charge on any atom is 0.323 e. The molecule has 2 atom stereocenters. The van der Waals surface area contributed by atoms with E-state index in [9.17, 15) is 9.90 Å². The topological polar surface area (TPSA) is 63.3 Å². The van der Waals surface area contributed by atoms with Crippen LogP contribution >= 0.6 is 0 Å². The number of carbonyl (C=O) groups is 1. The largest absolute Gasteiger partial charge is 0.480 e. The number of nitrogens with two attached hydrogens (primary N) is 1. The molecule has 0 unspecified atom stereocenters. The van der Waals surface area contributed by atoms with Crippen molar-refractivity contribution in [2.24, 2.45) is 5.73 Å². The van der Waals surface area contributed by atoms with Crippen LogP contribution in [0.1, 0.15) is 81.8 Å². The number of benzene rings is 1. The molecule has 0 saturated heterocycles. The van der Waals surface area contributed by atoms with E-state index in [1.165, 1.54) is 49.7 Å². The van der Waals surface area contributed by atoms with Crippen molar-refractivity contribution in [3.63, 3.8) is 0 Å². The lowest BCUT2D eigenvalue weighted by atomic mass is 9.92. The van der Waals surface area contributed by atoms with Crippen molar-refractivity contribution < 1.29 is 9.90 Å². The molecule has 0 heterocycles. The summed E-state index contributed by atoms with van der Waals surface area (Å²) in [5.74, 6) is -0.570. The van der Waals surface area contributed by atoms with E-state index >= 15 is 0 Å². The molecular formula is C20H31NO2. The summed E-state index contributed by atoms with van der Waals surface area (Å²) < 4.78 is 0. The molecule has 3 heteroatoms. The second-order valence-electron chi connectivity index (χ2n) is 7.16. The Morgan fingerprint density at radius 3 is 2.43 bits per heavy atom. The van der Waals surface area contributed by atoms with E-state index in [1.54, 1.807) is 0 Å². The third-order valence-corrected chi connectivity index (χ3v) is 5.25. The molecule has 3 N–H and O–H groups in total. The second-order valence-corrected chi connectivity index (χ2v) is 7.16. The van der Waals surface area contributed by atoms with Crippen LogP contribution in [0.15, 0.2) is 24.3 Å². The van der Waals surface area contributed by atoms with Crippen molar-refractivity contribution >= 4 is 5.97 Å². The highest BCUT2D eigenvalue weighted by atomic mass is 16.4. The van der Waals surface area contributed by atoms with Crippen LogP contribution in [-0.4, -0.2) is 16.6 Å². The molecule has 2 rings (SSSR count). The van der Waals surface area contributed by atoms with Gasteiger partial charge in [0.1, 0.15) is 5.54 Å². The fourth-order valence-corrected chi connectivity index (χ4v) is 3.62. The molecule has 0 amide bonds. The van der Waals surface area contributed by atoms with Crippen LogP contribution in [0, 0.1) is 0 Å². The van der Waals surface area contributed by atoms with Crippen LogP contribution < -0.4 is 5.73 Å². The average Bonchev–Trinajstić information content (AvgIpc) is 2.95. The van der Waals surface area contributed by atoms with Gasteiger partial charge in [0.05, 0.1) is 0 Å². The van der Waals surface area contributed by atoms with Gasteiger partial charge >= 0.3 is 5.97 Å². The third kappa shape index (κ3) is 5.07. The van der Waals surface area contributed by atoms with Gasteiger partial charge in [0.15, 0.2) is 0 Å². The number of carboxylic acid groups (broad SMARTS) is 1. The van der Waals surface area contributed by atoms with Crippen LogP contribution in [0.3, 0.4) is 0 Å². The van der Waals surface area contributed by atoms with E-state index in [0.717, 1.165) is 12.8 Å². The number of carboxylic acids is 1. The monoisotopic (exact) mass is 317 g/mol. The van der Waals surface area contributed by atoms with Gasteiger partial charge in [-0.1, -0.05) is 63.3 Å². The number of aryl methyl sites for hydroxylation is 1. The molecule has 1 aromatic carbocycles. The summed E-state index contributed by atoms with van der Waals surface area (Å²) in [6.45, 7) is 2.25. The Hall–Kier alpha value is -1.35. The van der Waals surface area contributed by atoms with Gasteiger partial charge in [-0.3, -0.25) is 4.79 Å². The minimum absolute atomic E-state index is 0.291. The van der Waals surface area contributed by atoms with Crippen LogP contribution in [0.5, 0.6) is 0 Å². The van der Waals surface area contributed by atoms with Crippen molar-refractivity contribution in [2.75, 3.05) is 0 Å². The first-order valence-corrected chi connectivity index (χ1v) is 9.16. The molecule has 0 radical (unpaired) electrons. The normalized spacial score (nSPS) is 24.0. The first kappa shape index (κ1) is 18.0. The van der Waals surface area contributed by atoms with Gasteiger partial charge in [0.2, 0.25) is 0 Å². The zero-order valence-electron chi connectivity index (χ0n) is 14.4. The summed E-state index contributed by atoms with van der Waals surface area (Å²) in [6, 6.07) is 8.76. The number of aliphatic carboxylic acids is 1. The minimum Gasteiger partial charge on any atom is -0.480 e. The van der Waals surface area contributed by atoms with Crippen LogP contribution in [0.4, 0.5) is 0 Å². The van der Waals surface area contributed by atoms with Crippen LogP contribution in [0.2, 0.25) is 0 Å². The van der Waals surface area contributed by atoms with Crippen LogP contribution in [0.25, 0.3) is 0 Å². The molecule has 1 saturated carbocycles. The molecule has 0 aliphatic heterocycles. The fourth-order valence-electron chi connectivity index (χ4n) is 3.62. The Balaban J connectivity index is 1.78. The highest BCUT2D eigenvalue weighted by Crippen LogP contribution is 2.39. The third-order valence-electron chi connectivity index (χ3n) is 5.25. The molecule has 1 aliphatic rings. The van der Waals surface area contributed by atoms with Gasteiger partial charge in [-0.05, 0) is 49.1 Å². The van der Waals surface area contributed by atoms with Crippen molar-refractivity contribution in [3.8, 4) is 0 Å². The maximum absolute atomic E-state index is 11.2. The Kier molecular flexibility index (Phi) is 6.64. The molecule has 23 heavy (non-hydrogen) atoms. The molecule has 1 fully saturated rings. The Labute approximate surface area is 140 Å². The molecule has 1 aromatic rings. The molecule has 1 aliphatic carbocycles. The van der Waals surface area contributed by atoms with Crippen LogP contribution in [-0.2, 0) is 11.2 Å². The summed E-state index contributed by atoms with van der Waals surface area (Å²) in [7, 11) is 0. The molecule has 0 aromatic heterocycles. The standard InChI is InChI=1S/C20H31NO2/c1-2-3-4-5-6-7-8-16-9-11-17(12-10-16)18-13-14-20(21,15-18)19(22)23/h9-12,18H,2-8,13-15,21H2,1H3,(H,22,23)/t18-,20+/m0/s1. The summed E-state index contributed by atoms with van der Waals surface area (Å²) in [5, 5.41) is 9.23. The SMILES string of the molecule is CCCCCCCCc1ccc([C@H]2CC[C@](N)(C(=O)O)C2)cc1. The van der Waals surface area contributed by atoms with Crippen molar-refractivity contribution in [1.29, 1.82) is 0 Å². The molecule has 3 nitrogen and oxygen atoms in total. The number of unbranched alkanes of at least 4 members (excludes halogenated alkanes) is 5. The minimum atomic E-state index is -1.03. The Morgan fingerprint density at radius 2 is 1.83 bits per heavy atom. The predicted octanol–water partition coefficient (Wildman–Crippen LogP) is 4.64. The predicted molar refractivity (Wildman–Crippen MR) is 94.7 cm³/mol. The number of hydrogen-bond acceptors (Lipinski definition) is 2. The van der Waals surface area contributed by atoms with E-state index in [2.05, 4.69) is 31.2 Å². The zero-order chi connectivity index (χ0) is 16.7. The summed E-state index contributed by atoms with van der Waals surface area (Å²) in [4.78, 5) is 11.2. The first-order chi connectivity index (χ1) is 11.0. The second kappa shape index (κ2) is 8.49. The zero-order valence-corrected chi connectivity index (χ0v) is 14.4. The van der Waals surface area contributed by atoms with Gasteiger partial charge in [0, 0.05) is 0 Å². The quantitative estimate of drug-likeness (QED) is 0.652. The van der Waals surface area contributed by atoms with Gasteiger partial charge in [-0.25, -0.2) is 0 Å². The van der Waals surface area contributed by atoms with E-state index in [4.69, 9.17) is 5.73 Å². The molecule has 128 valence electrons. The number of hydrogen-bond donors (Lipinski definition) is 2. The maximum atomic E-state index is 11.2. The smallest absolute Gasteiger partial charge is 0.323 e. The highest BCUT2D eigenvalue weighted by molar-refractivity contribution is 5.79. The lowest BCUT2D eigenvalue weighted by molar-refractivity contribution is -0.143. The van der Waals surface area contributed by atoms with E-state index in [-0.39, 0.29) is 0 Å². The average molecular weight is 317 g/mol. The van der Waals surface area contributed by atoms with Crippen molar-refractivity contribution in [1.82, 2.24) is 0 Å². The number of rotatable bonds is 9. The molecular weight excluding hydrogens is 286 g/mol. The van der Waals surface area contributed by atoms with Crippen molar-refractivity contribution in [3.05, 3.63) is 35.4 Å².